The Kier molecular flexibility index (Phi) is 6.88. The van der Waals surface area contributed by atoms with Crippen LogP contribution in [0.4, 0.5) is 15.8 Å². The molecule has 0 aliphatic heterocycles. The molecule has 0 fully saturated rings. The first kappa shape index (κ1) is 20.9. The predicted molar refractivity (Wildman–Crippen MR) is 118 cm³/mol. The maximum Gasteiger partial charge on any atom is 0.262 e. The number of hydrogen-bond donors (Lipinski definition) is 2. The number of amides is 1. The molecule has 4 nitrogen and oxygen atoms in total. The summed E-state index contributed by atoms with van der Waals surface area (Å²) >= 11 is 3.49. The van der Waals surface area contributed by atoms with Gasteiger partial charge in [0.05, 0.1) is 4.47 Å². The molecule has 0 atom stereocenters. The van der Waals surface area contributed by atoms with Crippen molar-refractivity contribution in [2.45, 2.75) is 20.4 Å². The minimum absolute atomic E-state index is 0.0842. The number of carbonyl (C=O) groups is 1. The molecule has 6 heteroatoms. The van der Waals surface area contributed by atoms with Gasteiger partial charge in [-0.25, -0.2) is 4.39 Å². The number of nitrogens with one attached hydrogen (secondary N) is 2. The average Bonchev–Trinajstić information content (AvgIpc) is 2.69. The molecule has 0 aromatic heterocycles. The molecule has 0 aliphatic carbocycles. The van der Waals surface area contributed by atoms with E-state index in [0.717, 1.165) is 32.5 Å². The summed E-state index contributed by atoms with van der Waals surface area (Å²) < 4.78 is 19.4. The molecular weight excluding hydrogens is 435 g/mol. The van der Waals surface area contributed by atoms with Crippen molar-refractivity contribution in [3.8, 4) is 5.75 Å². The molecule has 0 bridgehead atoms. The van der Waals surface area contributed by atoms with E-state index < -0.39 is 0 Å². The predicted octanol–water partition coefficient (Wildman–Crippen LogP) is 5.83. The second-order valence-corrected chi connectivity index (χ2v) is 7.63. The van der Waals surface area contributed by atoms with Gasteiger partial charge in [0.25, 0.3) is 5.91 Å². The number of carbonyl (C=O) groups excluding carboxylic acids is 1. The normalized spacial score (nSPS) is 10.5. The van der Waals surface area contributed by atoms with Gasteiger partial charge < -0.3 is 15.4 Å². The van der Waals surface area contributed by atoms with Crippen LogP contribution in [0.15, 0.2) is 65.1 Å². The van der Waals surface area contributed by atoms with Crippen molar-refractivity contribution < 1.29 is 13.9 Å². The van der Waals surface area contributed by atoms with Gasteiger partial charge in [-0.15, -0.1) is 0 Å². The molecule has 3 aromatic rings. The van der Waals surface area contributed by atoms with E-state index in [-0.39, 0.29) is 18.3 Å². The highest BCUT2D eigenvalue weighted by molar-refractivity contribution is 9.10. The Morgan fingerprint density at radius 2 is 1.79 bits per heavy atom. The van der Waals surface area contributed by atoms with Gasteiger partial charge >= 0.3 is 0 Å². The van der Waals surface area contributed by atoms with E-state index in [0.29, 0.717) is 12.3 Å². The number of hydrogen-bond acceptors (Lipinski definition) is 3. The summed E-state index contributed by atoms with van der Waals surface area (Å²) in [7, 11) is 0. The van der Waals surface area contributed by atoms with Gasteiger partial charge in [0.15, 0.2) is 6.61 Å². The zero-order valence-corrected chi connectivity index (χ0v) is 17.8. The van der Waals surface area contributed by atoms with Crippen LogP contribution in [0.3, 0.4) is 0 Å². The van der Waals surface area contributed by atoms with Gasteiger partial charge in [-0.1, -0.05) is 23.8 Å². The van der Waals surface area contributed by atoms with Crippen molar-refractivity contribution in [1.29, 1.82) is 0 Å². The zero-order valence-electron chi connectivity index (χ0n) is 16.3. The third-order valence-electron chi connectivity index (χ3n) is 4.35. The summed E-state index contributed by atoms with van der Waals surface area (Å²) in [6.45, 7) is 4.47. The van der Waals surface area contributed by atoms with E-state index in [1.54, 1.807) is 12.1 Å². The van der Waals surface area contributed by atoms with E-state index in [1.807, 2.05) is 50.2 Å². The number of rotatable bonds is 7. The van der Waals surface area contributed by atoms with E-state index in [4.69, 9.17) is 4.74 Å². The van der Waals surface area contributed by atoms with Crippen molar-refractivity contribution in [2.75, 3.05) is 17.2 Å². The number of ether oxygens (including phenoxy) is 1. The maximum atomic E-state index is 13.0. The lowest BCUT2D eigenvalue weighted by molar-refractivity contribution is -0.118. The van der Waals surface area contributed by atoms with Crippen LogP contribution in [0.5, 0.6) is 5.75 Å². The summed E-state index contributed by atoms with van der Waals surface area (Å²) in [4.78, 5) is 12.2. The summed E-state index contributed by atoms with van der Waals surface area (Å²) in [5, 5.41) is 6.09. The Morgan fingerprint density at radius 1 is 1.03 bits per heavy atom. The first-order valence-electron chi connectivity index (χ1n) is 9.18. The highest BCUT2D eigenvalue weighted by Gasteiger charge is 2.09. The Balaban J connectivity index is 1.53. The first-order valence-corrected chi connectivity index (χ1v) is 9.98. The molecule has 0 unspecified atom stereocenters. The van der Waals surface area contributed by atoms with Gasteiger partial charge in [0.1, 0.15) is 11.6 Å². The molecule has 29 heavy (non-hydrogen) atoms. The SMILES string of the molecule is Cc1ccc(NC(=O)COc2ccc(CNc3ccc(F)cc3)cc2Br)c(C)c1. The molecule has 0 spiro atoms. The maximum absolute atomic E-state index is 13.0. The van der Waals surface area contributed by atoms with Crippen LogP contribution < -0.4 is 15.4 Å². The van der Waals surface area contributed by atoms with Gasteiger partial charge in [-0.3, -0.25) is 4.79 Å². The highest BCUT2D eigenvalue weighted by Crippen LogP contribution is 2.26. The van der Waals surface area contributed by atoms with Crippen molar-refractivity contribution in [1.82, 2.24) is 0 Å². The molecule has 0 saturated carbocycles. The molecule has 0 radical (unpaired) electrons. The van der Waals surface area contributed by atoms with Gasteiger partial charge in [-0.05, 0) is 83.4 Å². The molecule has 0 heterocycles. The van der Waals surface area contributed by atoms with E-state index in [1.165, 1.54) is 12.1 Å². The summed E-state index contributed by atoms with van der Waals surface area (Å²) in [5.74, 6) is 0.110. The molecule has 3 rings (SSSR count). The Hall–Kier alpha value is -2.86. The summed E-state index contributed by atoms with van der Waals surface area (Å²) in [5.41, 5.74) is 4.80. The van der Waals surface area contributed by atoms with Crippen LogP contribution in [-0.4, -0.2) is 12.5 Å². The van der Waals surface area contributed by atoms with E-state index in [9.17, 15) is 9.18 Å². The van der Waals surface area contributed by atoms with E-state index >= 15 is 0 Å². The van der Waals surface area contributed by atoms with Crippen molar-refractivity contribution in [3.63, 3.8) is 0 Å². The van der Waals surface area contributed by atoms with Crippen LogP contribution in [0.2, 0.25) is 0 Å². The zero-order chi connectivity index (χ0) is 20.8. The number of aryl methyl sites for hydroxylation is 2. The fourth-order valence-corrected chi connectivity index (χ4v) is 3.37. The monoisotopic (exact) mass is 456 g/mol. The largest absolute Gasteiger partial charge is 0.483 e. The fourth-order valence-electron chi connectivity index (χ4n) is 2.83. The smallest absolute Gasteiger partial charge is 0.262 e. The molecule has 0 aliphatic rings. The van der Waals surface area contributed by atoms with Gasteiger partial charge in [-0.2, -0.15) is 0 Å². The van der Waals surface area contributed by atoms with Crippen LogP contribution in [0, 0.1) is 19.7 Å². The van der Waals surface area contributed by atoms with Crippen LogP contribution in [0.1, 0.15) is 16.7 Å². The van der Waals surface area contributed by atoms with Crippen molar-refractivity contribution >= 4 is 33.2 Å². The first-order chi connectivity index (χ1) is 13.9. The standard InChI is InChI=1S/C23H22BrFN2O2/c1-15-3-9-21(16(2)11-15)27-23(28)14-29-22-10-4-17(12-20(22)24)13-26-19-7-5-18(25)6-8-19/h3-12,26H,13-14H2,1-2H3,(H,27,28). The lowest BCUT2D eigenvalue weighted by Gasteiger charge is -2.12. The van der Waals surface area contributed by atoms with Crippen molar-refractivity contribution in [2.24, 2.45) is 0 Å². The molecule has 2 N–H and O–H groups in total. The third kappa shape index (κ3) is 6.06. The van der Waals surface area contributed by atoms with Crippen LogP contribution in [0.25, 0.3) is 0 Å². The Bertz CT molecular complexity index is 1010. The molecule has 0 saturated heterocycles. The van der Waals surface area contributed by atoms with Crippen molar-refractivity contribution in [3.05, 3.63) is 87.6 Å². The summed E-state index contributed by atoms with van der Waals surface area (Å²) in [6.07, 6.45) is 0. The van der Waals surface area contributed by atoms with E-state index in [2.05, 4.69) is 26.6 Å². The lowest BCUT2D eigenvalue weighted by atomic mass is 10.1. The lowest BCUT2D eigenvalue weighted by Crippen LogP contribution is -2.20. The number of benzene rings is 3. The quantitative estimate of drug-likeness (QED) is 0.469. The minimum atomic E-state index is -0.263. The second kappa shape index (κ2) is 9.56. The molecule has 1 amide bonds. The second-order valence-electron chi connectivity index (χ2n) is 6.78. The Labute approximate surface area is 178 Å². The molecule has 150 valence electrons. The Morgan fingerprint density at radius 3 is 2.48 bits per heavy atom. The highest BCUT2D eigenvalue weighted by atomic mass is 79.9. The minimum Gasteiger partial charge on any atom is -0.483 e. The average molecular weight is 457 g/mol. The van der Waals surface area contributed by atoms with Gasteiger partial charge in [0.2, 0.25) is 0 Å². The topological polar surface area (TPSA) is 50.4 Å². The van der Waals surface area contributed by atoms with Crippen LogP contribution in [-0.2, 0) is 11.3 Å². The van der Waals surface area contributed by atoms with Gasteiger partial charge in [0, 0.05) is 17.9 Å². The number of anilines is 2. The fraction of sp³-hybridized carbons (Fsp3) is 0.174. The van der Waals surface area contributed by atoms with Crippen LogP contribution >= 0.6 is 15.9 Å². The molecule has 3 aromatic carbocycles. The summed E-state index contributed by atoms with van der Waals surface area (Å²) in [6, 6.07) is 17.7. The molecular formula is C23H22BrFN2O2. The number of halogens is 2. The third-order valence-corrected chi connectivity index (χ3v) is 4.97.